The summed E-state index contributed by atoms with van der Waals surface area (Å²) in [5.41, 5.74) is 0.777. The minimum absolute atomic E-state index is 0.139. The number of fused-ring (bicyclic) bond motifs is 1. The van der Waals surface area contributed by atoms with E-state index in [0.29, 0.717) is 11.5 Å². The molecule has 0 atom stereocenters. The Bertz CT molecular complexity index is 514. The number of carbonyl (C=O) groups excluding carboxylic acids is 1. The van der Waals surface area contributed by atoms with Gasteiger partial charge in [0.25, 0.3) is 0 Å². The number of para-hydroxylation sites is 1. The maximum Gasteiger partial charge on any atom is 0.413 e. The fourth-order valence-electron chi connectivity index (χ4n) is 1.93. The molecule has 18 heavy (non-hydrogen) atoms. The van der Waals surface area contributed by atoms with E-state index in [9.17, 15) is 4.79 Å². The quantitative estimate of drug-likeness (QED) is 0.812. The van der Waals surface area contributed by atoms with Crippen LogP contribution in [0.15, 0.2) is 18.2 Å². The van der Waals surface area contributed by atoms with Crippen LogP contribution < -0.4 is 14.8 Å². The summed E-state index contributed by atoms with van der Waals surface area (Å²) in [4.78, 5) is 11.4. The van der Waals surface area contributed by atoms with Crippen molar-refractivity contribution in [1.82, 2.24) is 5.32 Å². The van der Waals surface area contributed by atoms with Crippen molar-refractivity contribution >= 4 is 6.09 Å². The zero-order chi connectivity index (χ0) is 13.2. The van der Waals surface area contributed by atoms with Crippen molar-refractivity contribution in [3.05, 3.63) is 23.8 Å². The third kappa shape index (κ3) is 2.57. The van der Waals surface area contributed by atoms with E-state index in [4.69, 9.17) is 15.9 Å². The number of benzene rings is 1. The van der Waals surface area contributed by atoms with Crippen LogP contribution in [0, 0.1) is 12.3 Å². The van der Waals surface area contributed by atoms with Crippen LogP contribution in [-0.2, 0) is 6.42 Å². The van der Waals surface area contributed by atoms with E-state index in [1.807, 2.05) is 26.0 Å². The second kappa shape index (κ2) is 4.61. The van der Waals surface area contributed by atoms with E-state index in [1.54, 1.807) is 6.07 Å². The van der Waals surface area contributed by atoms with E-state index >= 15 is 0 Å². The smallest absolute Gasteiger partial charge is 0.413 e. The van der Waals surface area contributed by atoms with E-state index in [0.717, 1.165) is 12.0 Å². The highest BCUT2D eigenvalue weighted by Crippen LogP contribution is 2.41. The molecule has 1 aromatic carbocycles. The van der Waals surface area contributed by atoms with Gasteiger partial charge in [0.1, 0.15) is 5.60 Å². The van der Waals surface area contributed by atoms with Crippen molar-refractivity contribution in [2.24, 2.45) is 0 Å². The number of terminal acetylenes is 1. The Morgan fingerprint density at radius 3 is 3.11 bits per heavy atom. The molecule has 1 aliphatic rings. The van der Waals surface area contributed by atoms with Crippen LogP contribution >= 0.6 is 0 Å². The molecule has 0 bridgehead atoms. The van der Waals surface area contributed by atoms with Crippen molar-refractivity contribution in [1.29, 1.82) is 0 Å². The first kappa shape index (κ1) is 12.3. The molecule has 1 amide bonds. The van der Waals surface area contributed by atoms with E-state index in [-0.39, 0.29) is 12.1 Å². The molecule has 4 nitrogen and oxygen atoms in total. The Hall–Kier alpha value is -2.15. The molecule has 0 radical (unpaired) electrons. The SMILES string of the molecule is C#CCNC(=O)Oc1cccc2c1OC(C)(C)C2. The molecule has 0 aromatic heterocycles. The molecule has 1 heterocycles. The lowest BCUT2D eigenvalue weighted by Crippen LogP contribution is -2.27. The Kier molecular flexibility index (Phi) is 3.15. The van der Waals surface area contributed by atoms with E-state index in [2.05, 4.69) is 11.2 Å². The number of hydrogen-bond acceptors (Lipinski definition) is 3. The van der Waals surface area contributed by atoms with Crippen molar-refractivity contribution in [3.8, 4) is 23.8 Å². The number of carbonyl (C=O) groups is 1. The van der Waals surface area contributed by atoms with Gasteiger partial charge in [0, 0.05) is 12.0 Å². The molecule has 1 N–H and O–H groups in total. The summed E-state index contributed by atoms with van der Waals surface area (Å²) in [5.74, 6) is 3.37. The summed E-state index contributed by atoms with van der Waals surface area (Å²) >= 11 is 0. The molecular formula is C14H15NO3. The van der Waals surface area contributed by atoms with Gasteiger partial charge in [-0.05, 0) is 19.9 Å². The van der Waals surface area contributed by atoms with Crippen LogP contribution in [0.5, 0.6) is 11.5 Å². The molecule has 0 saturated heterocycles. The Morgan fingerprint density at radius 2 is 2.39 bits per heavy atom. The van der Waals surface area contributed by atoms with Crippen molar-refractivity contribution < 1.29 is 14.3 Å². The summed E-state index contributed by atoms with van der Waals surface area (Å²) in [6.45, 7) is 4.13. The zero-order valence-electron chi connectivity index (χ0n) is 10.4. The normalized spacial score (nSPS) is 15.2. The van der Waals surface area contributed by atoms with Crippen molar-refractivity contribution in [2.45, 2.75) is 25.9 Å². The van der Waals surface area contributed by atoms with Gasteiger partial charge in [-0.15, -0.1) is 6.42 Å². The molecular weight excluding hydrogens is 230 g/mol. The molecule has 0 spiro atoms. The average molecular weight is 245 g/mol. The largest absolute Gasteiger partial charge is 0.483 e. The number of amides is 1. The zero-order valence-corrected chi connectivity index (χ0v) is 10.4. The lowest BCUT2D eigenvalue weighted by atomic mass is 10.0. The van der Waals surface area contributed by atoms with Gasteiger partial charge in [0.2, 0.25) is 0 Å². The maximum absolute atomic E-state index is 11.4. The highest BCUT2D eigenvalue weighted by Gasteiger charge is 2.32. The highest BCUT2D eigenvalue weighted by atomic mass is 16.6. The van der Waals surface area contributed by atoms with Gasteiger partial charge >= 0.3 is 6.09 Å². The number of rotatable bonds is 2. The molecule has 2 rings (SSSR count). The van der Waals surface area contributed by atoms with Gasteiger partial charge in [-0.3, -0.25) is 0 Å². The first-order chi connectivity index (χ1) is 8.52. The van der Waals surface area contributed by atoms with E-state index in [1.165, 1.54) is 0 Å². The topological polar surface area (TPSA) is 47.6 Å². The summed E-state index contributed by atoms with van der Waals surface area (Å²) in [6.07, 6.45) is 5.27. The van der Waals surface area contributed by atoms with Gasteiger partial charge in [0.05, 0.1) is 6.54 Å². The van der Waals surface area contributed by atoms with Crippen LogP contribution in [0.25, 0.3) is 0 Å². The predicted molar refractivity (Wildman–Crippen MR) is 67.7 cm³/mol. The molecule has 94 valence electrons. The number of nitrogens with one attached hydrogen (secondary N) is 1. The van der Waals surface area contributed by atoms with Crippen molar-refractivity contribution in [2.75, 3.05) is 6.54 Å². The average Bonchev–Trinajstić information content (AvgIpc) is 2.62. The predicted octanol–water partition coefficient (Wildman–Crippen LogP) is 2.12. The second-order valence-corrected chi connectivity index (χ2v) is 4.73. The Morgan fingerprint density at radius 1 is 1.61 bits per heavy atom. The third-order valence-corrected chi connectivity index (χ3v) is 2.59. The molecule has 1 aromatic rings. The lowest BCUT2D eigenvalue weighted by molar-refractivity contribution is 0.133. The maximum atomic E-state index is 11.4. The number of ether oxygens (including phenoxy) is 2. The summed E-state index contributed by atoms with van der Waals surface area (Å²) in [7, 11) is 0. The first-order valence-corrected chi connectivity index (χ1v) is 5.72. The minimum atomic E-state index is -0.574. The lowest BCUT2D eigenvalue weighted by Gasteiger charge is -2.17. The first-order valence-electron chi connectivity index (χ1n) is 5.72. The van der Waals surface area contributed by atoms with Gasteiger partial charge in [0.15, 0.2) is 11.5 Å². The van der Waals surface area contributed by atoms with Gasteiger partial charge < -0.3 is 14.8 Å². The van der Waals surface area contributed by atoms with E-state index < -0.39 is 6.09 Å². The second-order valence-electron chi connectivity index (χ2n) is 4.73. The molecule has 4 heteroatoms. The highest BCUT2D eigenvalue weighted by molar-refractivity contribution is 5.72. The van der Waals surface area contributed by atoms with Crippen LogP contribution in [0.3, 0.4) is 0 Å². The Labute approximate surface area is 106 Å². The van der Waals surface area contributed by atoms with Gasteiger partial charge in [-0.25, -0.2) is 4.79 Å². The van der Waals surface area contributed by atoms with Crippen LogP contribution in [0.2, 0.25) is 0 Å². The van der Waals surface area contributed by atoms with Crippen LogP contribution in [-0.4, -0.2) is 18.2 Å². The third-order valence-electron chi connectivity index (χ3n) is 2.59. The fraction of sp³-hybridized carbons (Fsp3) is 0.357. The van der Waals surface area contributed by atoms with Gasteiger partial charge in [-0.1, -0.05) is 18.1 Å². The summed E-state index contributed by atoms with van der Waals surface area (Å²) in [6, 6.07) is 5.51. The standard InChI is InChI=1S/C14H15NO3/c1-4-8-15-13(16)17-11-7-5-6-10-9-14(2,3)18-12(10)11/h1,5-7H,8-9H2,2-3H3,(H,15,16). The molecule has 1 aliphatic heterocycles. The molecule has 0 aliphatic carbocycles. The summed E-state index contributed by atoms with van der Waals surface area (Å²) in [5, 5.41) is 2.44. The van der Waals surface area contributed by atoms with Crippen LogP contribution in [0.4, 0.5) is 4.79 Å². The monoisotopic (exact) mass is 245 g/mol. The van der Waals surface area contributed by atoms with Crippen molar-refractivity contribution in [3.63, 3.8) is 0 Å². The molecule has 0 unspecified atom stereocenters. The molecule has 0 fully saturated rings. The Balaban J connectivity index is 2.15. The molecule has 0 saturated carbocycles. The van der Waals surface area contributed by atoms with Gasteiger partial charge in [-0.2, -0.15) is 0 Å². The minimum Gasteiger partial charge on any atom is -0.483 e. The number of hydrogen-bond donors (Lipinski definition) is 1. The summed E-state index contributed by atoms with van der Waals surface area (Å²) < 4.78 is 11.0. The fourth-order valence-corrected chi connectivity index (χ4v) is 1.93. The van der Waals surface area contributed by atoms with Crippen LogP contribution in [0.1, 0.15) is 19.4 Å².